The molecule has 1 unspecified atom stereocenters. The van der Waals surface area contributed by atoms with E-state index in [1.807, 2.05) is 27.7 Å². The maximum Gasteiger partial charge on any atom is 0.257 e. The number of carbonyl (C=O) groups is 1. The van der Waals surface area contributed by atoms with Crippen molar-refractivity contribution in [2.75, 3.05) is 0 Å². The van der Waals surface area contributed by atoms with Crippen LogP contribution < -0.4 is 10.9 Å². The van der Waals surface area contributed by atoms with E-state index in [2.05, 4.69) is 57.3 Å². The lowest BCUT2D eigenvalue weighted by molar-refractivity contribution is -0.122. The third-order valence-electron chi connectivity index (χ3n) is 5.34. The molecular weight excluding hydrogens is 418 g/mol. The van der Waals surface area contributed by atoms with Gasteiger partial charge in [0.25, 0.3) is 5.56 Å². The van der Waals surface area contributed by atoms with Crippen molar-refractivity contribution in [2.24, 2.45) is 7.05 Å². The number of nitrogens with one attached hydrogen (secondary N) is 1. The molecule has 1 heterocycles. The van der Waals surface area contributed by atoms with E-state index in [1.54, 1.807) is 11.6 Å². The molecule has 0 radical (unpaired) electrons. The van der Waals surface area contributed by atoms with Crippen LogP contribution in [0.5, 0.6) is 0 Å². The van der Waals surface area contributed by atoms with E-state index in [4.69, 9.17) is 4.98 Å². The SMILES string of the molecule is CCCC(Sc1nc(C)c(Cc2ccc(C(C)(C)C)cc2)c(=O)n1C)C(=O)NC(C)(C)C. The van der Waals surface area contributed by atoms with E-state index in [9.17, 15) is 9.59 Å². The molecule has 1 atom stereocenters. The monoisotopic (exact) mass is 457 g/mol. The molecule has 0 spiro atoms. The van der Waals surface area contributed by atoms with Crippen molar-refractivity contribution in [3.8, 4) is 0 Å². The highest BCUT2D eigenvalue weighted by molar-refractivity contribution is 8.00. The normalized spacial score (nSPS) is 13.2. The molecule has 1 aromatic carbocycles. The molecule has 176 valence electrons. The van der Waals surface area contributed by atoms with E-state index in [0.717, 1.165) is 24.1 Å². The Labute approximate surface area is 197 Å². The van der Waals surface area contributed by atoms with E-state index < -0.39 is 0 Å². The third-order valence-corrected chi connectivity index (χ3v) is 6.65. The summed E-state index contributed by atoms with van der Waals surface area (Å²) in [7, 11) is 1.74. The highest BCUT2D eigenvalue weighted by Gasteiger charge is 2.25. The first kappa shape index (κ1) is 26.2. The molecule has 32 heavy (non-hydrogen) atoms. The number of rotatable bonds is 7. The van der Waals surface area contributed by atoms with Crippen molar-refractivity contribution < 1.29 is 4.79 Å². The second kappa shape index (κ2) is 10.2. The first-order valence-corrected chi connectivity index (χ1v) is 12.3. The van der Waals surface area contributed by atoms with Crippen molar-refractivity contribution >= 4 is 17.7 Å². The molecule has 2 rings (SSSR count). The minimum absolute atomic E-state index is 0.0146. The summed E-state index contributed by atoms with van der Waals surface area (Å²) < 4.78 is 1.59. The van der Waals surface area contributed by atoms with Crippen LogP contribution in [0.25, 0.3) is 0 Å². The Morgan fingerprint density at radius 1 is 1.12 bits per heavy atom. The molecule has 0 saturated heterocycles. The van der Waals surface area contributed by atoms with Crippen LogP contribution in [0.4, 0.5) is 0 Å². The molecule has 0 fully saturated rings. The Morgan fingerprint density at radius 3 is 2.22 bits per heavy atom. The molecule has 0 bridgehead atoms. The van der Waals surface area contributed by atoms with Crippen molar-refractivity contribution in [1.82, 2.24) is 14.9 Å². The molecule has 2 aromatic rings. The van der Waals surface area contributed by atoms with Crippen LogP contribution in [0.15, 0.2) is 34.2 Å². The van der Waals surface area contributed by atoms with Crippen molar-refractivity contribution in [2.45, 2.75) is 96.0 Å². The van der Waals surface area contributed by atoms with Gasteiger partial charge in [0.2, 0.25) is 5.91 Å². The van der Waals surface area contributed by atoms with Gasteiger partial charge in [-0.05, 0) is 50.7 Å². The first-order valence-electron chi connectivity index (χ1n) is 11.4. The molecule has 0 aliphatic carbocycles. The highest BCUT2D eigenvalue weighted by Crippen LogP contribution is 2.26. The zero-order valence-corrected chi connectivity index (χ0v) is 21.9. The fourth-order valence-corrected chi connectivity index (χ4v) is 4.65. The van der Waals surface area contributed by atoms with Crippen LogP contribution >= 0.6 is 11.8 Å². The van der Waals surface area contributed by atoms with Gasteiger partial charge in [0.15, 0.2) is 5.16 Å². The predicted molar refractivity (Wildman–Crippen MR) is 135 cm³/mol. The summed E-state index contributed by atoms with van der Waals surface area (Å²) in [5, 5.41) is 3.36. The number of carbonyl (C=O) groups excluding carboxylic acids is 1. The number of aryl methyl sites for hydroxylation is 1. The maximum absolute atomic E-state index is 13.2. The van der Waals surface area contributed by atoms with Crippen LogP contribution in [-0.4, -0.2) is 26.2 Å². The highest BCUT2D eigenvalue weighted by atomic mass is 32.2. The maximum atomic E-state index is 13.2. The van der Waals surface area contributed by atoms with Gasteiger partial charge in [-0.15, -0.1) is 0 Å². The Balaban J connectivity index is 2.30. The van der Waals surface area contributed by atoms with Gasteiger partial charge < -0.3 is 5.32 Å². The first-order chi connectivity index (χ1) is 14.7. The van der Waals surface area contributed by atoms with Gasteiger partial charge in [-0.25, -0.2) is 4.98 Å². The molecule has 0 aliphatic heterocycles. The molecule has 1 aromatic heterocycles. The summed E-state index contributed by atoms with van der Waals surface area (Å²) in [5.41, 5.74) is 3.53. The third kappa shape index (κ3) is 6.96. The van der Waals surface area contributed by atoms with Crippen molar-refractivity contribution in [3.63, 3.8) is 0 Å². The molecule has 0 aliphatic rings. The lowest BCUT2D eigenvalue weighted by atomic mass is 9.86. The Bertz CT molecular complexity index is 996. The minimum atomic E-state index is -0.300. The Morgan fingerprint density at radius 2 is 1.72 bits per heavy atom. The number of hydrogen-bond donors (Lipinski definition) is 1. The fraction of sp³-hybridized carbons (Fsp3) is 0.577. The van der Waals surface area contributed by atoms with E-state index in [-0.39, 0.29) is 27.7 Å². The van der Waals surface area contributed by atoms with E-state index in [0.29, 0.717) is 17.1 Å². The molecule has 0 saturated carbocycles. The average molecular weight is 458 g/mol. The molecular formula is C26H39N3O2S. The lowest BCUT2D eigenvalue weighted by Crippen LogP contribution is -2.45. The van der Waals surface area contributed by atoms with Crippen LogP contribution in [0.3, 0.4) is 0 Å². The summed E-state index contributed by atoms with van der Waals surface area (Å²) in [6, 6.07) is 8.46. The summed E-state index contributed by atoms with van der Waals surface area (Å²) >= 11 is 1.38. The summed E-state index contributed by atoms with van der Waals surface area (Å²) in [5.74, 6) is -0.0146. The number of amides is 1. The molecule has 5 nitrogen and oxygen atoms in total. The van der Waals surface area contributed by atoms with Crippen molar-refractivity contribution in [1.29, 1.82) is 0 Å². The number of hydrogen-bond acceptors (Lipinski definition) is 4. The second-order valence-corrected chi connectivity index (χ2v) is 11.8. The summed E-state index contributed by atoms with van der Waals surface area (Å²) in [6.07, 6.45) is 2.15. The zero-order valence-electron chi connectivity index (χ0n) is 21.1. The van der Waals surface area contributed by atoms with Gasteiger partial charge in [-0.3, -0.25) is 14.2 Å². The van der Waals surface area contributed by atoms with Gasteiger partial charge in [0, 0.05) is 30.3 Å². The van der Waals surface area contributed by atoms with Crippen molar-refractivity contribution in [3.05, 3.63) is 57.0 Å². The minimum Gasteiger partial charge on any atom is -0.351 e. The van der Waals surface area contributed by atoms with Gasteiger partial charge in [0.05, 0.1) is 5.25 Å². The molecule has 1 N–H and O–H groups in total. The van der Waals surface area contributed by atoms with Gasteiger partial charge in [-0.2, -0.15) is 0 Å². The standard InChI is InChI=1S/C26H39N3O2S/c1-10-11-21(22(30)28-26(6,7)8)32-24-27-17(2)20(23(31)29(24)9)16-18-12-14-19(15-13-18)25(3,4)5/h12-15,21H,10-11,16H2,1-9H3,(H,28,30). The van der Waals surface area contributed by atoms with Crippen LogP contribution in [-0.2, 0) is 23.7 Å². The van der Waals surface area contributed by atoms with Gasteiger partial charge >= 0.3 is 0 Å². The molecule has 6 heteroatoms. The fourth-order valence-electron chi connectivity index (χ4n) is 3.45. The zero-order chi connectivity index (χ0) is 24.3. The largest absolute Gasteiger partial charge is 0.351 e. The van der Waals surface area contributed by atoms with E-state index >= 15 is 0 Å². The number of thioether (sulfide) groups is 1. The summed E-state index contributed by atoms with van der Waals surface area (Å²) in [4.78, 5) is 30.7. The average Bonchev–Trinajstić information content (AvgIpc) is 2.67. The van der Waals surface area contributed by atoms with Crippen LogP contribution in [0.1, 0.15) is 83.7 Å². The second-order valence-electron chi connectivity index (χ2n) is 10.6. The predicted octanol–water partition coefficient (Wildman–Crippen LogP) is 5.15. The quantitative estimate of drug-likeness (QED) is 0.461. The van der Waals surface area contributed by atoms with Gasteiger partial charge in [0.1, 0.15) is 0 Å². The van der Waals surface area contributed by atoms with Gasteiger partial charge in [-0.1, -0.05) is 70.1 Å². The topological polar surface area (TPSA) is 64.0 Å². The van der Waals surface area contributed by atoms with E-state index in [1.165, 1.54) is 17.3 Å². The van der Waals surface area contributed by atoms with Crippen LogP contribution in [0, 0.1) is 6.92 Å². The smallest absolute Gasteiger partial charge is 0.257 e. The molecule has 1 amide bonds. The Hall–Kier alpha value is -2.08. The number of nitrogens with zero attached hydrogens (tertiary/aromatic N) is 2. The number of benzene rings is 1. The number of aromatic nitrogens is 2. The lowest BCUT2D eigenvalue weighted by Gasteiger charge is -2.25. The summed E-state index contributed by atoms with van der Waals surface area (Å²) in [6.45, 7) is 16.4. The van der Waals surface area contributed by atoms with Crippen LogP contribution in [0.2, 0.25) is 0 Å². The Kier molecular flexibility index (Phi) is 8.38.